The number of amides is 1. The molecule has 4 nitrogen and oxygen atoms in total. The first-order valence-corrected chi connectivity index (χ1v) is 6.08. The number of aliphatic hydroxyl groups excluding tert-OH is 1. The summed E-state index contributed by atoms with van der Waals surface area (Å²) in [7, 11) is 0. The average molecular weight is 251 g/mol. The first-order chi connectivity index (χ1) is 8.35. The fourth-order valence-corrected chi connectivity index (χ4v) is 1.56. The second-order valence-corrected chi connectivity index (χ2v) is 5.13. The Hall–Kier alpha value is -1.55. The number of carbonyl (C=O) groups is 1. The van der Waals surface area contributed by atoms with Gasteiger partial charge in [-0.15, -0.1) is 0 Å². The van der Waals surface area contributed by atoms with E-state index in [0.717, 1.165) is 17.5 Å². The number of hydrogen-bond acceptors (Lipinski definition) is 3. The van der Waals surface area contributed by atoms with Gasteiger partial charge in [0, 0.05) is 5.69 Å². The molecule has 100 valence electrons. The van der Waals surface area contributed by atoms with E-state index in [4.69, 9.17) is 9.84 Å². The van der Waals surface area contributed by atoms with Crippen LogP contribution in [0.5, 0.6) is 0 Å². The molecule has 0 spiro atoms. The third-order valence-electron chi connectivity index (χ3n) is 2.37. The maximum absolute atomic E-state index is 11.7. The molecule has 0 heterocycles. The molecule has 1 rings (SSSR count). The van der Waals surface area contributed by atoms with Gasteiger partial charge in [-0.1, -0.05) is 19.1 Å². The van der Waals surface area contributed by atoms with Crippen LogP contribution in [-0.2, 0) is 17.8 Å². The van der Waals surface area contributed by atoms with Crippen LogP contribution in [-0.4, -0.2) is 16.8 Å². The van der Waals surface area contributed by atoms with Crippen LogP contribution in [0, 0.1) is 0 Å². The van der Waals surface area contributed by atoms with Crippen molar-refractivity contribution in [2.45, 2.75) is 46.3 Å². The second-order valence-electron chi connectivity index (χ2n) is 5.13. The minimum absolute atomic E-state index is 0.0486. The average Bonchev–Trinajstić information content (AvgIpc) is 2.26. The summed E-state index contributed by atoms with van der Waals surface area (Å²) in [6.07, 6.45) is 0.323. The molecule has 18 heavy (non-hydrogen) atoms. The van der Waals surface area contributed by atoms with Gasteiger partial charge >= 0.3 is 6.09 Å². The summed E-state index contributed by atoms with van der Waals surface area (Å²) >= 11 is 0. The normalized spacial score (nSPS) is 11.2. The predicted molar refractivity (Wildman–Crippen MR) is 71.6 cm³/mol. The zero-order chi connectivity index (χ0) is 13.8. The lowest BCUT2D eigenvalue weighted by Gasteiger charge is -2.20. The summed E-state index contributed by atoms with van der Waals surface area (Å²) in [4.78, 5) is 11.7. The smallest absolute Gasteiger partial charge is 0.412 e. The molecule has 0 saturated heterocycles. The van der Waals surface area contributed by atoms with E-state index in [1.807, 2.05) is 39.8 Å². The number of aryl methyl sites for hydroxylation is 1. The van der Waals surface area contributed by atoms with Crippen LogP contribution in [0.25, 0.3) is 0 Å². The third kappa shape index (κ3) is 4.37. The van der Waals surface area contributed by atoms with E-state index in [-0.39, 0.29) is 6.61 Å². The van der Waals surface area contributed by atoms with Crippen molar-refractivity contribution in [3.05, 3.63) is 29.3 Å². The van der Waals surface area contributed by atoms with Crippen LogP contribution in [0.4, 0.5) is 10.5 Å². The monoisotopic (exact) mass is 251 g/mol. The molecule has 0 saturated carbocycles. The number of ether oxygens (including phenoxy) is 1. The van der Waals surface area contributed by atoms with E-state index < -0.39 is 11.7 Å². The Balaban J connectivity index is 2.85. The van der Waals surface area contributed by atoms with Gasteiger partial charge in [0.1, 0.15) is 5.60 Å². The lowest BCUT2D eigenvalue weighted by Crippen LogP contribution is -2.27. The van der Waals surface area contributed by atoms with Crippen LogP contribution < -0.4 is 5.32 Å². The van der Waals surface area contributed by atoms with Gasteiger partial charge in [0.15, 0.2) is 0 Å². The molecule has 0 aromatic heterocycles. The van der Waals surface area contributed by atoms with Crippen LogP contribution in [0.2, 0.25) is 0 Å². The van der Waals surface area contributed by atoms with Crippen molar-refractivity contribution in [2.24, 2.45) is 0 Å². The maximum Gasteiger partial charge on any atom is 0.412 e. The van der Waals surface area contributed by atoms with Gasteiger partial charge in [0.05, 0.1) is 6.61 Å². The van der Waals surface area contributed by atoms with Crippen LogP contribution in [0.1, 0.15) is 38.8 Å². The highest BCUT2D eigenvalue weighted by molar-refractivity contribution is 5.86. The molecule has 1 amide bonds. The molecule has 1 aromatic rings. The Labute approximate surface area is 108 Å². The highest BCUT2D eigenvalue weighted by Crippen LogP contribution is 2.20. The zero-order valence-electron chi connectivity index (χ0n) is 11.4. The van der Waals surface area contributed by atoms with Crippen molar-refractivity contribution >= 4 is 11.8 Å². The number of aliphatic hydroxyl groups is 1. The van der Waals surface area contributed by atoms with Crippen molar-refractivity contribution in [3.8, 4) is 0 Å². The molecule has 0 fully saturated rings. The largest absolute Gasteiger partial charge is 0.444 e. The molecule has 1 aromatic carbocycles. The van der Waals surface area contributed by atoms with Crippen molar-refractivity contribution in [1.29, 1.82) is 0 Å². The van der Waals surface area contributed by atoms with E-state index in [1.165, 1.54) is 0 Å². The van der Waals surface area contributed by atoms with Gasteiger partial charge < -0.3 is 9.84 Å². The Bertz CT molecular complexity index is 422. The summed E-state index contributed by atoms with van der Waals surface area (Å²) in [5.41, 5.74) is 1.94. The summed E-state index contributed by atoms with van der Waals surface area (Å²) in [5, 5.41) is 11.8. The topological polar surface area (TPSA) is 58.6 Å². The van der Waals surface area contributed by atoms with Crippen molar-refractivity contribution in [2.75, 3.05) is 5.32 Å². The van der Waals surface area contributed by atoms with Crippen LogP contribution in [0.15, 0.2) is 18.2 Å². The minimum Gasteiger partial charge on any atom is -0.444 e. The highest BCUT2D eigenvalue weighted by atomic mass is 16.6. The summed E-state index contributed by atoms with van der Waals surface area (Å²) < 4.78 is 5.20. The minimum atomic E-state index is -0.523. The molecule has 0 unspecified atom stereocenters. The fourth-order valence-electron chi connectivity index (χ4n) is 1.56. The lowest BCUT2D eigenvalue weighted by atomic mass is 10.1. The Morgan fingerprint density at radius 1 is 1.39 bits per heavy atom. The Kier molecular flexibility index (Phi) is 4.73. The molecule has 0 aliphatic rings. The molecule has 0 atom stereocenters. The quantitative estimate of drug-likeness (QED) is 0.868. The SMILES string of the molecule is CCc1ccc(CO)cc1NC(=O)OC(C)(C)C. The molecule has 2 N–H and O–H groups in total. The van der Waals surface area contributed by atoms with Gasteiger partial charge in [-0.3, -0.25) is 5.32 Å². The van der Waals surface area contributed by atoms with E-state index in [9.17, 15) is 4.79 Å². The van der Waals surface area contributed by atoms with Gasteiger partial charge in [0.2, 0.25) is 0 Å². The van der Waals surface area contributed by atoms with Gasteiger partial charge in [-0.2, -0.15) is 0 Å². The molecule has 0 radical (unpaired) electrons. The predicted octanol–water partition coefficient (Wildman–Crippen LogP) is 3.09. The van der Waals surface area contributed by atoms with Gasteiger partial charge in [0.25, 0.3) is 0 Å². The second kappa shape index (κ2) is 5.87. The highest BCUT2D eigenvalue weighted by Gasteiger charge is 2.17. The Morgan fingerprint density at radius 3 is 2.56 bits per heavy atom. The van der Waals surface area contributed by atoms with Crippen LogP contribution >= 0.6 is 0 Å². The van der Waals surface area contributed by atoms with E-state index >= 15 is 0 Å². The Morgan fingerprint density at radius 2 is 2.06 bits per heavy atom. The van der Waals surface area contributed by atoms with Gasteiger partial charge in [-0.25, -0.2) is 4.79 Å². The molecule has 0 bridgehead atoms. The summed E-state index contributed by atoms with van der Waals surface area (Å²) in [6.45, 7) is 7.41. The number of nitrogens with one attached hydrogen (secondary N) is 1. The maximum atomic E-state index is 11.7. The van der Waals surface area contributed by atoms with Crippen LogP contribution in [0.3, 0.4) is 0 Å². The standard InChI is InChI=1S/C14H21NO3/c1-5-11-7-6-10(9-16)8-12(11)15-13(17)18-14(2,3)4/h6-8,16H,5,9H2,1-4H3,(H,15,17). The van der Waals surface area contributed by atoms with Crippen molar-refractivity contribution < 1.29 is 14.6 Å². The number of carbonyl (C=O) groups excluding carboxylic acids is 1. The van der Waals surface area contributed by atoms with Gasteiger partial charge in [-0.05, 0) is 44.4 Å². The van der Waals surface area contributed by atoms with E-state index in [0.29, 0.717) is 5.69 Å². The fraction of sp³-hybridized carbons (Fsp3) is 0.500. The van der Waals surface area contributed by atoms with E-state index in [2.05, 4.69) is 5.32 Å². The first-order valence-electron chi connectivity index (χ1n) is 6.08. The zero-order valence-corrected chi connectivity index (χ0v) is 11.4. The lowest BCUT2D eigenvalue weighted by molar-refractivity contribution is 0.0635. The first kappa shape index (κ1) is 14.5. The number of benzene rings is 1. The van der Waals surface area contributed by atoms with Crippen molar-refractivity contribution in [3.63, 3.8) is 0 Å². The summed E-state index contributed by atoms with van der Waals surface area (Å²) in [6, 6.07) is 5.51. The molecule has 4 heteroatoms. The number of rotatable bonds is 3. The van der Waals surface area contributed by atoms with E-state index in [1.54, 1.807) is 6.07 Å². The molecular weight excluding hydrogens is 230 g/mol. The number of hydrogen-bond donors (Lipinski definition) is 2. The molecule has 0 aliphatic heterocycles. The summed E-state index contributed by atoms with van der Waals surface area (Å²) in [5.74, 6) is 0. The van der Waals surface area contributed by atoms with Crippen molar-refractivity contribution in [1.82, 2.24) is 0 Å². The molecule has 0 aliphatic carbocycles. The third-order valence-corrected chi connectivity index (χ3v) is 2.37. The number of anilines is 1. The molecular formula is C14H21NO3.